The topological polar surface area (TPSA) is 43.3 Å². The van der Waals surface area contributed by atoms with Gasteiger partial charge >= 0.3 is 6.09 Å². The Morgan fingerprint density at radius 3 is 2.33 bits per heavy atom. The highest BCUT2D eigenvalue weighted by Crippen LogP contribution is 2.34. The van der Waals surface area contributed by atoms with Crippen molar-refractivity contribution in [2.45, 2.75) is 20.4 Å². The van der Waals surface area contributed by atoms with Crippen LogP contribution in [-0.4, -0.2) is 10.7 Å². The molecule has 0 saturated carbocycles. The lowest BCUT2D eigenvalue weighted by Gasteiger charge is -2.11. The average Bonchev–Trinajstić information content (AvgIpc) is 2.87. The van der Waals surface area contributed by atoms with E-state index in [2.05, 4.69) is 5.32 Å². The molecule has 0 aliphatic heterocycles. The van der Waals surface area contributed by atoms with E-state index in [1.54, 1.807) is 11.6 Å². The predicted octanol–water partition coefficient (Wildman–Crippen LogP) is 4.88. The van der Waals surface area contributed by atoms with Crippen molar-refractivity contribution in [3.05, 3.63) is 77.0 Å². The summed E-state index contributed by atoms with van der Waals surface area (Å²) < 4.78 is 33.7. The summed E-state index contributed by atoms with van der Waals surface area (Å²) in [7, 11) is 1.79. The molecular formula is C21H20F2N2O2. The maximum Gasteiger partial charge on any atom is 0.414 e. The van der Waals surface area contributed by atoms with Crippen molar-refractivity contribution < 1.29 is 18.3 Å². The van der Waals surface area contributed by atoms with Crippen molar-refractivity contribution in [1.82, 2.24) is 9.88 Å². The molecule has 1 amide bonds. The zero-order valence-corrected chi connectivity index (χ0v) is 15.3. The maximum absolute atomic E-state index is 13.2. The van der Waals surface area contributed by atoms with Gasteiger partial charge in [0.1, 0.15) is 11.6 Å². The monoisotopic (exact) mass is 370 g/mol. The smallest absolute Gasteiger partial charge is 0.392 e. The number of hydrogen-bond acceptors (Lipinski definition) is 2. The summed E-state index contributed by atoms with van der Waals surface area (Å²) in [5, 5.41) is 2.52. The standard InChI is InChI=1S/C21H20F2N2O2/c1-13-4-6-16(7-5-13)19-14(2)12-25(3)20(19)27-21(26)24-11-15-8-17(22)10-18(23)9-15/h4-10,12H,11H2,1-3H3,(H,24,26). The minimum absolute atomic E-state index is 0.0449. The van der Waals surface area contributed by atoms with Crippen LogP contribution in [0, 0.1) is 25.5 Å². The number of nitrogens with one attached hydrogen (secondary N) is 1. The lowest BCUT2D eigenvalue weighted by molar-refractivity contribution is 0.196. The van der Waals surface area contributed by atoms with Gasteiger partial charge in [-0.1, -0.05) is 29.8 Å². The normalized spacial score (nSPS) is 10.7. The number of benzene rings is 2. The minimum Gasteiger partial charge on any atom is -0.392 e. The Kier molecular flexibility index (Phi) is 5.26. The van der Waals surface area contributed by atoms with Crippen LogP contribution in [0.1, 0.15) is 16.7 Å². The SMILES string of the molecule is Cc1ccc(-c2c(C)cn(C)c2OC(=O)NCc2cc(F)cc(F)c2)cc1. The van der Waals surface area contributed by atoms with Crippen LogP contribution in [0.4, 0.5) is 13.6 Å². The molecule has 27 heavy (non-hydrogen) atoms. The summed E-state index contributed by atoms with van der Waals surface area (Å²) >= 11 is 0. The van der Waals surface area contributed by atoms with Crippen LogP contribution >= 0.6 is 0 Å². The highest BCUT2D eigenvalue weighted by molar-refractivity contribution is 5.78. The molecule has 4 nitrogen and oxygen atoms in total. The summed E-state index contributed by atoms with van der Waals surface area (Å²) in [6, 6.07) is 11.0. The Morgan fingerprint density at radius 2 is 1.70 bits per heavy atom. The van der Waals surface area contributed by atoms with Gasteiger partial charge in [0.25, 0.3) is 0 Å². The first-order chi connectivity index (χ1) is 12.8. The summed E-state index contributed by atoms with van der Waals surface area (Å²) in [5.41, 5.74) is 4.18. The Bertz CT molecular complexity index is 958. The van der Waals surface area contributed by atoms with E-state index in [1.807, 2.05) is 44.3 Å². The molecule has 0 atom stereocenters. The summed E-state index contributed by atoms with van der Waals surface area (Å²) in [6.45, 7) is 3.90. The van der Waals surface area contributed by atoms with Gasteiger partial charge in [0.15, 0.2) is 0 Å². The maximum atomic E-state index is 13.2. The van der Waals surface area contributed by atoms with Crippen LogP contribution in [0.15, 0.2) is 48.7 Å². The van der Waals surface area contributed by atoms with Crippen molar-refractivity contribution in [2.75, 3.05) is 0 Å². The van der Waals surface area contributed by atoms with E-state index < -0.39 is 17.7 Å². The van der Waals surface area contributed by atoms with Crippen LogP contribution in [0.25, 0.3) is 11.1 Å². The fourth-order valence-corrected chi connectivity index (χ4v) is 2.96. The van der Waals surface area contributed by atoms with Crippen LogP contribution in [0.5, 0.6) is 5.88 Å². The number of amides is 1. The number of ether oxygens (including phenoxy) is 1. The second-order valence-corrected chi connectivity index (χ2v) is 6.49. The van der Waals surface area contributed by atoms with Crippen LogP contribution in [0.2, 0.25) is 0 Å². The lowest BCUT2D eigenvalue weighted by atomic mass is 10.0. The Hall–Kier alpha value is -3.15. The molecule has 0 bridgehead atoms. The zero-order valence-electron chi connectivity index (χ0n) is 15.3. The number of halogens is 2. The van der Waals surface area contributed by atoms with E-state index >= 15 is 0 Å². The van der Waals surface area contributed by atoms with Gasteiger partial charge in [-0.3, -0.25) is 0 Å². The average molecular weight is 370 g/mol. The van der Waals surface area contributed by atoms with E-state index in [9.17, 15) is 13.6 Å². The van der Waals surface area contributed by atoms with Crippen molar-refractivity contribution in [3.8, 4) is 17.0 Å². The molecule has 0 spiro atoms. The lowest BCUT2D eigenvalue weighted by Crippen LogP contribution is -2.27. The molecule has 6 heteroatoms. The van der Waals surface area contributed by atoms with E-state index in [0.29, 0.717) is 11.4 Å². The molecule has 0 aliphatic rings. The third-order valence-electron chi connectivity index (χ3n) is 4.20. The fraction of sp³-hybridized carbons (Fsp3) is 0.190. The number of hydrogen-bond donors (Lipinski definition) is 1. The van der Waals surface area contributed by atoms with E-state index in [-0.39, 0.29) is 6.54 Å². The van der Waals surface area contributed by atoms with Gasteiger partial charge in [-0.05, 0) is 42.7 Å². The molecule has 0 aliphatic carbocycles. The van der Waals surface area contributed by atoms with Gasteiger partial charge in [-0.25, -0.2) is 13.6 Å². The number of aromatic nitrogens is 1. The van der Waals surface area contributed by atoms with E-state index in [1.165, 1.54) is 0 Å². The molecule has 0 fully saturated rings. The second kappa shape index (κ2) is 7.61. The minimum atomic E-state index is -0.700. The molecule has 3 aromatic rings. The Balaban J connectivity index is 1.77. The third-order valence-corrected chi connectivity index (χ3v) is 4.20. The van der Waals surface area contributed by atoms with Gasteiger partial charge in [0.2, 0.25) is 5.88 Å². The molecule has 1 aromatic heterocycles. The summed E-state index contributed by atoms with van der Waals surface area (Å²) in [5.74, 6) is -0.987. The predicted molar refractivity (Wildman–Crippen MR) is 99.5 cm³/mol. The van der Waals surface area contributed by atoms with Crippen LogP contribution < -0.4 is 10.1 Å². The first kappa shape index (κ1) is 18.6. The highest BCUT2D eigenvalue weighted by atomic mass is 19.1. The van der Waals surface area contributed by atoms with Crippen molar-refractivity contribution in [3.63, 3.8) is 0 Å². The van der Waals surface area contributed by atoms with Gasteiger partial charge < -0.3 is 14.6 Å². The second-order valence-electron chi connectivity index (χ2n) is 6.49. The number of aryl methyl sites for hydroxylation is 3. The van der Waals surface area contributed by atoms with E-state index in [4.69, 9.17) is 4.74 Å². The molecule has 140 valence electrons. The number of carbonyl (C=O) groups excluding carboxylic acids is 1. The van der Waals surface area contributed by atoms with Gasteiger partial charge in [-0.2, -0.15) is 0 Å². The third kappa shape index (κ3) is 4.34. The Labute approximate surface area is 156 Å². The number of rotatable bonds is 4. The van der Waals surface area contributed by atoms with Crippen molar-refractivity contribution >= 4 is 6.09 Å². The van der Waals surface area contributed by atoms with Crippen LogP contribution in [-0.2, 0) is 13.6 Å². The number of nitrogens with zero attached hydrogens (tertiary/aromatic N) is 1. The molecule has 1 heterocycles. The molecule has 0 radical (unpaired) electrons. The Morgan fingerprint density at radius 1 is 1.07 bits per heavy atom. The first-order valence-electron chi connectivity index (χ1n) is 8.47. The first-order valence-corrected chi connectivity index (χ1v) is 8.47. The van der Waals surface area contributed by atoms with Crippen molar-refractivity contribution in [1.29, 1.82) is 0 Å². The molecule has 0 unspecified atom stereocenters. The fourth-order valence-electron chi connectivity index (χ4n) is 2.96. The van der Waals surface area contributed by atoms with E-state index in [0.717, 1.165) is 40.5 Å². The number of carbonyl (C=O) groups is 1. The molecule has 3 rings (SSSR count). The quantitative estimate of drug-likeness (QED) is 0.712. The summed E-state index contributed by atoms with van der Waals surface area (Å²) in [6.07, 6.45) is 1.17. The highest BCUT2D eigenvalue weighted by Gasteiger charge is 2.18. The molecule has 0 saturated heterocycles. The zero-order chi connectivity index (χ0) is 19.6. The van der Waals surface area contributed by atoms with Gasteiger partial charge in [0, 0.05) is 31.4 Å². The molecular weight excluding hydrogens is 350 g/mol. The van der Waals surface area contributed by atoms with Crippen molar-refractivity contribution in [2.24, 2.45) is 7.05 Å². The molecule has 1 N–H and O–H groups in total. The van der Waals surface area contributed by atoms with Gasteiger partial charge in [-0.15, -0.1) is 0 Å². The van der Waals surface area contributed by atoms with Crippen LogP contribution in [0.3, 0.4) is 0 Å². The summed E-state index contributed by atoms with van der Waals surface area (Å²) in [4.78, 5) is 12.2. The molecule has 2 aromatic carbocycles. The largest absolute Gasteiger partial charge is 0.414 e. The van der Waals surface area contributed by atoms with Gasteiger partial charge in [0.05, 0.1) is 0 Å².